The summed E-state index contributed by atoms with van der Waals surface area (Å²) in [7, 11) is 0. The third-order valence-corrected chi connectivity index (χ3v) is 3.82. The number of carbonyl (C=O) groups is 1. The van der Waals surface area contributed by atoms with Crippen molar-refractivity contribution in [3.63, 3.8) is 0 Å². The van der Waals surface area contributed by atoms with E-state index in [1.54, 1.807) is 30.3 Å². The van der Waals surface area contributed by atoms with Crippen LogP contribution in [0.4, 0.5) is 4.39 Å². The van der Waals surface area contributed by atoms with Crippen molar-refractivity contribution in [2.75, 3.05) is 0 Å². The monoisotopic (exact) mass is 290 g/mol. The zero-order chi connectivity index (χ0) is 14.1. The van der Waals surface area contributed by atoms with E-state index in [4.69, 9.17) is 16.3 Å². The molecule has 0 amide bonds. The number of rotatable bonds is 3. The molecule has 102 valence electrons. The SMILES string of the molecule is O=C1CCc2c(OCc3c(F)cccc3Cl)cccc21. The highest BCUT2D eigenvalue weighted by molar-refractivity contribution is 6.31. The molecular formula is C16H12ClFO2. The number of Topliss-reactive ketones (excluding diaryl/α,β-unsaturated/α-hetero) is 1. The van der Waals surface area contributed by atoms with E-state index < -0.39 is 0 Å². The van der Waals surface area contributed by atoms with Gasteiger partial charge in [-0.25, -0.2) is 4.39 Å². The molecule has 2 aromatic carbocycles. The van der Waals surface area contributed by atoms with Gasteiger partial charge in [-0.15, -0.1) is 0 Å². The highest BCUT2D eigenvalue weighted by Crippen LogP contribution is 2.31. The molecular weight excluding hydrogens is 279 g/mol. The summed E-state index contributed by atoms with van der Waals surface area (Å²) in [6, 6.07) is 9.91. The van der Waals surface area contributed by atoms with Crippen LogP contribution in [0.25, 0.3) is 0 Å². The first-order chi connectivity index (χ1) is 9.66. The first-order valence-electron chi connectivity index (χ1n) is 6.37. The highest BCUT2D eigenvalue weighted by Gasteiger charge is 2.22. The smallest absolute Gasteiger partial charge is 0.163 e. The Morgan fingerprint density at radius 2 is 1.95 bits per heavy atom. The molecule has 3 rings (SSSR count). The largest absolute Gasteiger partial charge is 0.488 e. The molecule has 0 saturated carbocycles. The summed E-state index contributed by atoms with van der Waals surface area (Å²) in [4.78, 5) is 11.7. The Morgan fingerprint density at radius 3 is 2.75 bits per heavy atom. The standard InChI is InChI=1S/C16H12ClFO2/c17-13-4-2-5-14(18)12(13)9-20-16-6-1-3-10-11(16)7-8-15(10)19/h1-6H,7-9H2. The zero-order valence-electron chi connectivity index (χ0n) is 10.7. The van der Waals surface area contributed by atoms with Crippen LogP contribution in [0.15, 0.2) is 36.4 Å². The number of halogens is 2. The summed E-state index contributed by atoms with van der Waals surface area (Å²) in [5, 5.41) is 0.341. The van der Waals surface area contributed by atoms with Gasteiger partial charge in [0.05, 0.1) is 5.02 Å². The fourth-order valence-corrected chi connectivity index (χ4v) is 2.63. The zero-order valence-corrected chi connectivity index (χ0v) is 11.4. The normalized spacial score (nSPS) is 13.4. The molecule has 0 fully saturated rings. The Morgan fingerprint density at radius 1 is 1.15 bits per heavy atom. The van der Waals surface area contributed by atoms with E-state index in [-0.39, 0.29) is 18.2 Å². The molecule has 0 saturated heterocycles. The predicted molar refractivity (Wildman–Crippen MR) is 74.8 cm³/mol. The van der Waals surface area contributed by atoms with Gasteiger partial charge in [0.1, 0.15) is 18.2 Å². The van der Waals surface area contributed by atoms with Crippen LogP contribution >= 0.6 is 11.6 Å². The maximum atomic E-state index is 13.7. The number of benzene rings is 2. The number of hydrogen-bond acceptors (Lipinski definition) is 2. The molecule has 2 nitrogen and oxygen atoms in total. The second-order valence-corrected chi connectivity index (χ2v) is 5.10. The topological polar surface area (TPSA) is 26.3 Å². The Bertz CT molecular complexity index is 662. The summed E-state index contributed by atoms with van der Waals surface area (Å²) in [6.07, 6.45) is 1.19. The van der Waals surface area contributed by atoms with Crippen LogP contribution in [0.3, 0.4) is 0 Å². The average molecular weight is 291 g/mol. The number of fused-ring (bicyclic) bond motifs is 1. The lowest BCUT2D eigenvalue weighted by Crippen LogP contribution is -2.02. The molecule has 1 aliphatic rings. The van der Waals surface area contributed by atoms with Crippen molar-refractivity contribution >= 4 is 17.4 Å². The van der Waals surface area contributed by atoms with Crippen molar-refractivity contribution in [2.24, 2.45) is 0 Å². The quantitative estimate of drug-likeness (QED) is 0.847. The second kappa shape index (κ2) is 5.25. The summed E-state index contributed by atoms with van der Waals surface area (Å²) in [6.45, 7) is 0.0517. The van der Waals surface area contributed by atoms with Crippen LogP contribution in [0.1, 0.15) is 27.9 Å². The summed E-state index contributed by atoms with van der Waals surface area (Å²) >= 11 is 5.96. The van der Waals surface area contributed by atoms with Gasteiger partial charge in [-0.3, -0.25) is 4.79 Å². The molecule has 0 N–H and O–H groups in total. The van der Waals surface area contributed by atoms with Crippen molar-refractivity contribution in [2.45, 2.75) is 19.4 Å². The molecule has 2 aromatic rings. The van der Waals surface area contributed by atoms with E-state index >= 15 is 0 Å². The van der Waals surface area contributed by atoms with Crippen molar-refractivity contribution in [3.8, 4) is 5.75 Å². The van der Waals surface area contributed by atoms with Gasteiger partial charge in [-0.2, -0.15) is 0 Å². The minimum atomic E-state index is -0.388. The third kappa shape index (κ3) is 2.29. The van der Waals surface area contributed by atoms with E-state index in [1.807, 2.05) is 0 Å². The molecule has 0 spiro atoms. The molecule has 0 atom stereocenters. The fraction of sp³-hybridized carbons (Fsp3) is 0.188. The second-order valence-electron chi connectivity index (χ2n) is 4.69. The van der Waals surface area contributed by atoms with Crippen LogP contribution in [0, 0.1) is 5.82 Å². The lowest BCUT2D eigenvalue weighted by atomic mass is 10.1. The highest BCUT2D eigenvalue weighted by atomic mass is 35.5. The average Bonchev–Trinajstić information content (AvgIpc) is 2.81. The minimum absolute atomic E-state index is 0.0517. The molecule has 4 heteroatoms. The molecule has 20 heavy (non-hydrogen) atoms. The Hall–Kier alpha value is -1.87. The van der Waals surface area contributed by atoms with Crippen LogP contribution in [0.5, 0.6) is 5.75 Å². The number of carbonyl (C=O) groups excluding carboxylic acids is 1. The van der Waals surface area contributed by atoms with Crippen molar-refractivity contribution in [3.05, 3.63) is 63.9 Å². The molecule has 0 aliphatic heterocycles. The van der Waals surface area contributed by atoms with E-state index in [0.717, 1.165) is 5.56 Å². The van der Waals surface area contributed by atoms with E-state index in [9.17, 15) is 9.18 Å². The van der Waals surface area contributed by atoms with E-state index in [2.05, 4.69) is 0 Å². The van der Waals surface area contributed by atoms with Crippen molar-refractivity contribution < 1.29 is 13.9 Å². The van der Waals surface area contributed by atoms with Crippen molar-refractivity contribution in [1.29, 1.82) is 0 Å². The number of ketones is 1. The Balaban J connectivity index is 1.85. The molecule has 1 aliphatic carbocycles. The number of hydrogen-bond donors (Lipinski definition) is 0. The van der Waals surface area contributed by atoms with Crippen LogP contribution in [0.2, 0.25) is 5.02 Å². The van der Waals surface area contributed by atoms with Crippen molar-refractivity contribution in [1.82, 2.24) is 0 Å². The van der Waals surface area contributed by atoms with E-state index in [0.29, 0.717) is 34.7 Å². The Kier molecular flexibility index (Phi) is 3.45. The Labute approximate surface area is 121 Å². The molecule has 0 bridgehead atoms. The van der Waals surface area contributed by atoms with Gasteiger partial charge in [0.25, 0.3) is 0 Å². The van der Waals surface area contributed by atoms with Crippen LogP contribution in [-0.2, 0) is 13.0 Å². The lowest BCUT2D eigenvalue weighted by Gasteiger charge is -2.11. The molecule has 0 unspecified atom stereocenters. The maximum Gasteiger partial charge on any atom is 0.163 e. The molecule has 0 radical (unpaired) electrons. The van der Waals surface area contributed by atoms with Gasteiger partial charge in [-0.1, -0.05) is 29.8 Å². The van der Waals surface area contributed by atoms with Gasteiger partial charge in [0, 0.05) is 23.1 Å². The maximum absolute atomic E-state index is 13.7. The van der Waals surface area contributed by atoms with E-state index in [1.165, 1.54) is 6.07 Å². The van der Waals surface area contributed by atoms with Gasteiger partial charge < -0.3 is 4.74 Å². The summed E-state index contributed by atoms with van der Waals surface area (Å²) < 4.78 is 19.3. The minimum Gasteiger partial charge on any atom is -0.488 e. The molecule has 0 aromatic heterocycles. The predicted octanol–water partition coefficient (Wildman–Crippen LogP) is 4.19. The van der Waals surface area contributed by atoms with Gasteiger partial charge >= 0.3 is 0 Å². The summed E-state index contributed by atoms with van der Waals surface area (Å²) in [5.74, 6) is 0.378. The molecule has 0 heterocycles. The van der Waals surface area contributed by atoms with Gasteiger partial charge in [0.2, 0.25) is 0 Å². The fourth-order valence-electron chi connectivity index (χ4n) is 2.41. The van der Waals surface area contributed by atoms with Crippen LogP contribution in [-0.4, -0.2) is 5.78 Å². The number of ether oxygens (including phenoxy) is 1. The third-order valence-electron chi connectivity index (χ3n) is 3.47. The van der Waals surface area contributed by atoms with Gasteiger partial charge in [-0.05, 0) is 24.6 Å². The first-order valence-corrected chi connectivity index (χ1v) is 6.75. The van der Waals surface area contributed by atoms with Gasteiger partial charge in [0.15, 0.2) is 5.78 Å². The summed E-state index contributed by atoms with van der Waals surface area (Å²) in [5.41, 5.74) is 1.95. The first kappa shape index (κ1) is 13.1. The lowest BCUT2D eigenvalue weighted by molar-refractivity contribution is 0.0994. The van der Waals surface area contributed by atoms with Crippen LogP contribution < -0.4 is 4.74 Å².